The Bertz CT molecular complexity index is 249. The topological polar surface area (TPSA) is 35.2 Å². The fraction of sp³-hybridized carbons (Fsp3) is 0.833. The summed E-state index contributed by atoms with van der Waals surface area (Å²) < 4.78 is 5.66. The van der Waals surface area contributed by atoms with Gasteiger partial charge in [0.1, 0.15) is 6.10 Å². The Kier molecular flexibility index (Phi) is 1.73. The maximum atomic E-state index is 6.48. The number of nitrogens with two attached hydrogens (primary N) is 1. The standard InChI is InChI=1S/C12H19NO/c1-2-14-11-10-4-8-3-9(5-10)7-12(11,13)6-8/h2,8-11H,1,3-7,13H2. The van der Waals surface area contributed by atoms with Crippen molar-refractivity contribution in [2.45, 2.75) is 43.7 Å². The van der Waals surface area contributed by atoms with Crippen molar-refractivity contribution in [1.29, 1.82) is 0 Å². The summed E-state index contributed by atoms with van der Waals surface area (Å²) in [5.41, 5.74) is 6.45. The van der Waals surface area contributed by atoms with Gasteiger partial charge < -0.3 is 10.5 Å². The summed E-state index contributed by atoms with van der Waals surface area (Å²) >= 11 is 0. The van der Waals surface area contributed by atoms with Crippen LogP contribution in [0.3, 0.4) is 0 Å². The highest BCUT2D eigenvalue weighted by molar-refractivity contribution is 5.11. The molecule has 4 bridgehead atoms. The summed E-state index contributed by atoms with van der Waals surface area (Å²) in [6.07, 6.45) is 8.31. The molecule has 2 N–H and O–H groups in total. The second-order valence-corrected chi connectivity index (χ2v) is 5.56. The maximum absolute atomic E-state index is 6.48. The fourth-order valence-corrected chi connectivity index (χ4v) is 4.41. The third kappa shape index (κ3) is 1.07. The molecule has 0 amide bonds. The van der Waals surface area contributed by atoms with Gasteiger partial charge in [-0.15, -0.1) is 0 Å². The van der Waals surface area contributed by atoms with Gasteiger partial charge in [-0.05, 0) is 49.9 Å². The van der Waals surface area contributed by atoms with Crippen molar-refractivity contribution in [3.63, 3.8) is 0 Å². The summed E-state index contributed by atoms with van der Waals surface area (Å²) in [5.74, 6) is 2.49. The van der Waals surface area contributed by atoms with Crippen LogP contribution in [0, 0.1) is 17.8 Å². The Morgan fingerprint density at radius 1 is 1.21 bits per heavy atom. The van der Waals surface area contributed by atoms with Crippen LogP contribution in [0.1, 0.15) is 32.1 Å². The first-order valence-corrected chi connectivity index (χ1v) is 5.76. The molecule has 3 atom stereocenters. The predicted octanol–water partition coefficient (Wildman–Crippen LogP) is 2.05. The van der Waals surface area contributed by atoms with Gasteiger partial charge in [-0.1, -0.05) is 6.58 Å². The normalized spacial score (nSPS) is 54.6. The highest BCUT2D eigenvalue weighted by Crippen LogP contribution is 2.55. The van der Waals surface area contributed by atoms with Crippen molar-refractivity contribution in [3.8, 4) is 0 Å². The highest BCUT2D eigenvalue weighted by Gasteiger charge is 2.56. The van der Waals surface area contributed by atoms with E-state index in [-0.39, 0.29) is 11.6 Å². The molecule has 4 aliphatic rings. The van der Waals surface area contributed by atoms with Gasteiger partial charge in [-0.2, -0.15) is 0 Å². The summed E-state index contributed by atoms with van der Waals surface area (Å²) in [4.78, 5) is 0. The molecular formula is C12H19NO. The lowest BCUT2D eigenvalue weighted by Crippen LogP contribution is -2.65. The van der Waals surface area contributed by atoms with Crippen molar-refractivity contribution < 1.29 is 4.74 Å². The number of rotatable bonds is 2. The van der Waals surface area contributed by atoms with Crippen LogP contribution in [0.15, 0.2) is 12.8 Å². The van der Waals surface area contributed by atoms with Crippen LogP contribution in [-0.2, 0) is 4.74 Å². The maximum Gasteiger partial charge on any atom is 0.118 e. The van der Waals surface area contributed by atoms with E-state index in [1.807, 2.05) is 0 Å². The van der Waals surface area contributed by atoms with Crippen LogP contribution in [0.2, 0.25) is 0 Å². The van der Waals surface area contributed by atoms with Crippen LogP contribution in [0.25, 0.3) is 0 Å². The molecule has 2 nitrogen and oxygen atoms in total. The van der Waals surface area contributed by atoms with Crippen LogP contribution in [0.5, 0.6) is 0 Å². The summed E-state index contributed by atoms with van der Waals surface area (Å²) in [7, 11) is 0. The van der Waals surface area contributed by atoms with Gasteiger partial charge in [0.05, 0.1) is 11.8 Å². The third-order valence-electron chi connectivity index (χ3n) is 4.51. The zero-order valence-electron chi connectivity index (χ0n) is 8.61. The Hall–Kier alpha value is -0.500. The molecule has 2 heteroatoms. The van der Waals surface area contributed by atoms with E-state index >= 15 is 0 Å². The molecule has 4 saturated carbocycles. The highest BCUT2D eigenvalue weighted by atomic mass is 16.5. The number of hydrogen-bond donors (Lipinski definition) is 1. The fourth-order valence-electron chi connectivity index (χ4n) is 4.41. The molecule has 0 aromatic carbocycles. The summed E-state index contributed by atoms with van der Waals surface area (Å²) in [6, 6.07) is 0. The molecule has 4 rings (SSSR count). The van der Waals surface area contributed by atoms with Crippen LogP contribution >= 0.6 is 0 Å². The first kappa shape index (κ1) is 8.78. The van der Waals surface area contributed by atoms with Crippen molar-refractivity contribution in [3.05, 3.63) is 12.8 Å². The van der Waals surface area contributed by atoms with Gasteiger partial charge in [-0.25, -0.2) is 0 Å². The molecular weight excluding hydrogens is 174 g/mol. The van der Waals surface area contributed by atoms with Crippen molar-refractivity contribution >= 4 is 0 Å². The van der Waals surface area contributed by atoms with E-state index in [1.54, 1.807) is 6.26 Å². The molecule has 0 aromatic heterocycles. The van der Waals surface area contributed by atoms with Gasteiger partial charge in [0.15, 0.2) is 0 Å². The first-order valence-electron chi connectivity index (χ1n) is 5.76. The molecule has 14 heavy (non-hydrogen) atoms. The molecule has 4 fully saturated rings. The minimum absolute atomic E-state index is 0.0249. The second-order valence-electron chi connectivity index (χ2n) is 5.56. The SMILES string of the molecule is C=COC1C2CC3CC(C2)CC1(N)C3. The molecule has 3 unspecified atom stereocenters. The Morgan fingerprint density at radius 2 is 1.86 bits per heavy atom. The Balaban J connectivity index is 1.89. The quantitative estimate of drug-likeness (QED) is 0.681. The minimum Gasteiger partial charge on any atom is -0.496 e. The predicted molar refractivity (Wildman–Crippen MR) is 55.5 cm³/mol. The second kappa shape index (κ2) is 2.75. The van der Waals surface area contributed by atoms with Crippen LogP contribution in [-0.4, -0.2) is 11.6 Å². The average molecular weight is 193 g/mol. The van der Waals surface area contributed by atoms with Gasteiger partial charge >= 0.3 is 0 Å². The molecule has 0 saturated heterocycles. The third-order valence-corrected chi connectivity index (χ3v) is 4.51. The lowest BCUT2D eigenvalue weighted by Gasteiger charge is -2.58. The van der Waals surface area contributed by atoms with Gasteiger partial charge in [0.25, 0.3) is 0 Å². The van der Waals surface area contributed by atoms with E-state index in [9.17, 15) is 0 Å². The van der Waals surface area contributed by atoms with Crippen molar-refractivity contribution in [1.82, 2.24) is 0 Å². The first-order chi connectivity index (χ1) is 6.71. The van der Waals surface area contributed by atoms with Crippen LogP contribution in [0.4, 0.5) is 0 Å². The summed E-state index contributed by atoms with van der Waals surface area (Å²) in [5, 5.41) is 0. The molecule has 78 valence electrons. The monoisotopic (exact) mass is 193 g/mol. The van der Waals surface area contributed by atoms with Crippen molar-refractivity contribution in [2.75, 3.05) is 0 Å². The Morgan fingerprint density at radius 3 is 2.36 bits per heavy atom. The zero-order chi connectivity index (χ0) is 9.76. The smallest absolute Gasteiger partial charge is 0.118 e. The van der Waals surface area contributed by atoms with E-state index < -0.39 is 0 Å². The van der Waals surface area contributed by atoms with Gasteiger partial charge in [-0.3, -0.25) is 0 Å². The average Bonchev–Trinajstić information content (AvgIpc) is 2.09. The molecule has 0 heterocycles. The zero-order valence-corrected chi connectivity index (χ0v) is 8.61. The minimum atomic E-state index is -0.0249. The van der Waals surface area contributed by atoms with Gasteiger partial charge in [0.2, 0.25) is 0 Å². The lowest BCUT2D eigenvalue weighted by molar-refractivity contribution is -0.112. The molecule has 0 aromatic rings. The summed E-state index contributed by atoms with van der Waals surface area (Å²) in [6.45, 7) is 3.67. The molecule has 0 spiro atoms. The van der Waals surface area contributed by atoms with Crippen molar-refractivity contribution in [2.24, 2.45) is 23.5 Å². The van der Waals surface area contributed by atoms with E-state index in [0.29, 0.717) is 5.92 Å². The lowest BCUT2D eigenvalue weighted by atomic mass is 9.52. The van der Waals surface area contributed by atoms with E-state index in [2.05, 4.69) is 6.58 Å². The van der Waals surface area contributed by atoms with Gasteiger partial charge in [0, 0.05) is 0 Å². The number of hydrogen-bond acceptors (Lipinski definition) is 2. The molecule has 0 radical (unpaired) electrons. The van der Waals surface area contributed by atoms with Crippen LogP contribution < -0.4 is 5.73 Å². The van der Waals surface area contributed by atoms with E-state index in [0.717, 1.165) is 11.8 Å². The van der Waals surface area contributed by atoms with E-state index in [4.69, 9.17) is 10.5 Å². The Labute approximate surface area is 85.5 Å². The van der Waals surface area contributed by atoms with E-state index in [1.165, 1.54) is 32.1 Å². The molecule has 0 aliphatic heterocycles. The largest absolute Gasteiger partial charge is 0.496 e. The molecule has 4 aliphatic carbocycles. The number of ether oxygens (including phenoxy) is 1.